The van der Waals surface area contributed by atoms with Gasteiger partial charge in [0.15, 0.2) is 5.82 Å². The molecule has 3 aromatic rings. The molecular weight excluding hydrogens is 388 g/mol. The summed E-state index contributed by atoms with van der Waals surface area (Å²) in [5.74, 6) is -0.491. The Morgan fingerprint density at radius 3 is 2.63 bits per heavy atom. The monoisotopic (exact) mass is 408 g/mol. The molecule has 0 aliphatic rings. The number of anilines is 1. The van der Waals surface area contributed by atoms with Gasteiger partial charge in [-0.05, 0) is 42.8 Å². The quantitative estimate of drug-likeness (QED) is 0.515. The average molecular weight is 408 g/mol. The van der Waals surface area contributed by atoms with Crippen LogP contribution >= 0.6 is 0 Å². The number of hydrogen-bond donors (Lipinski definition) is 3. The lowest BCUT2D eigenvalue weighted by Crippen LogP contribution is -2.40. The Labute approximate surface area is 171 Å². The Bertz CT molecular complexity index is 1110. The predicted molar refractivity (Wildman–Crippen MR) is 111 cm³/mol. The summed E-state index contributed by atoms with van der Waals surface area (Å²) in [6, 6.07) is 13.1. The molecule has 1 unspecified atom stereocenters. The third kappa shape index (κ3) is 5.44. The number of nitrogens with one attached hydrogen (secondary N) is 3. The zero-order valence-corrected chi connectivity index (χ0v) is 16.3. The van der Waals surface area contributed by atoms with E-state index < -0.39 is 23.6 Å². The molecule has 0 radical (unpaired) electrons. The van der Waals surface area contributed by atoms with E-state index in [-0.39, 0.29) is 5.82 Å². The fourth-order valence-corrected chi connectivity index (χ4v) is 2.56. The first-order chi connectivity index (χ1) is 14.4. The maximum Gasteiger partial charge on any atom is 0.439 e. The number of rotatable bonds is 7. The largest absolute Gasteiger partial charge is 0.497 e. The number of ether oxygens (including phenoxy) is 1. The molecule has 0 aliphatic carbocycles. The SMILES string of the molecule is COc1ccc(/C=C/C(=O)NC(C)C(=O)Nc2cccc(-c3noc(=O)[nH]3)c2)cc1. The van der Waals surface area contributed by atoms with Crippen LogP contribution in [-0.4, -0.2) is 35.1 Å². The summed E-state index contributed by atoms with van der Waals surface area (Å²) in [5.41, 5.74) is 1.87. The third-order valence-electron chi connectivity index (χ3n) is 4.14. The second-order valence-electron chi connectivity index (χ2n) is 6.35. The van der Waals surface area contributed by atoms with Gasteiger partial charge in [0.1, 0.15) is 11.8 Å². The Hall–Kier alpha value is -4.14. The summed E-state index contributed by atoms with van der Waals surface area (Å²) in [4.78, 5) is 38.0. The molecule has 1 aromatic heterocycles. The summed E-state index contributed by atoms with van der Waals surface area (Å²) in [5, 5.41) is 8.92. The summed E-state index contributed by atoms with van der Waals surface area (Å²) in [6.45, 7) is 1.58. The minimum atomic E-state index is -0.770. The van der Waals surface area contributed by atoms with Gasteiger partial charge in [-0.3, -0.25) is 19.1 Å². The standard InChI is InChI=1S/C21H20N4O5/c1-13(22-18(26)11-8-14-6-9-17(29-2)10-7-14)20(27)23-16-5-3-4-15(12-16)19-24-21(28)30-25-19/h3-13H,1-2H3,(H,22,26)(H,23,27)(H,24,25,28)/b11-8+. The van der Waals surface area contributed by atoms with Crippen molar-refractivity contribution >= 4 is 23.6 Å². The lowest BCUT2D eigenvalue weighted by molar-refractivity contribution is -0.123. The van der Waals surface area contributed by atoms with Crippen molar-refractivity contribution in [3.05, 3.63) is 70.7 Å². The Morgan fingerprint density at radius 1 is 1.20 bits per heavy atom. The van der Waals surface area contributed by atoms with E-state index in [1.807, 2.05) is 12.1 Å². The van der Waals surface area contributed by atoms with E-state index in [4.69, 9.17) is 4.74 Å². The van der Waals surface area contributed by atoms with Gasteiger partial charge >= 0.3 is 5.76 Å². The van der Waals surface area contributed by atoms with Gasteiger partial charge in [-0.1, -0.05) is 29.4 Å². The highest BCUT2D eigenvalue weighted by Crippen LogP contribution is 2.18. The summed E-state index contributed by atoms with van der Waals surface area (Å²) < 4.78 is 9.56. The summed E-state index contributed by atoms with van der Waals surface area (Å²) in [6.07, 6.45) is 2.99. The molecule has 154 valence electrons. The van der Waals surface area contributed by atoms with Crippen LogP contribution < -0.4 is 21.1 Å². The molecule has 3 rings (SSSR count). The molecule has 0 fully saturated rings. The molecule has 9 heteroatoms. The maximum absolute atomic E-state index is 12.4. The second-order valence-corrected chi connectivity index (χ2v) is 6.35. The van der Waals surface area contributed by atoms with Crippen molar-refractivity contribution in [3.63, 3.8) is 0 Å². The van der Waals surface area contributed by atoms with Gasteiger partial charge in [-0.2, -0.15) is 0 Å². The molecular formula is C21H20N4O5. The van der Waals surface area contributed by atoms with Gasteiger partial charge in [0.05, 0.1) is 7.11 Å². The highest BCUT2D eigenvalue weighted by atomic mass is 16.5. The predicted octanol–water partition coefficient (Wildman–Crippen LogP) is 2.20. The van der Waals surface area contributed by atoms with Crippen LogP contribution in [0.4, 0.5) is 5.69 Å². The van der Waals surface area contributed by atoms with E-state index in [0.29, 0.717) is 11.3 Å². The molecule has 0 aliphatic heterocycles. The van der Waals surface area contributed by atoms with Crippen LogP contribution in [0.3, 0.4) is 0 Å². The first-order valence-electron chi connectivity index (χ1n) is 9.04. The molecule has 0 bridgehead atoms. The van der Waals surface area contributed by atoms with E-state index >= 15 is 0 Å². The molecule has 1 heterocycles. The number of H-pyrrole nitrogens is 1. The zero-order chi connectivity index (χ0) is 21.5. The minimum absolute atomic E-state index is 0.251. The molecule has 0 saturated heterocycles. The molecule has 2 amide bonds. The Balaban J connectivity index is 1.57. The Morgan fingerprint density at radius 2 is 1.97 bits per heavy atom. The van der Waals surface area contributed by atoms with E-state index in [9.17, 15) is 14.4 Å². The fourth-order valence-electron chi connectivity index (χ4n) is 2.56. The number of aromatic amines is 1. The van der Waals surface area contributed by atoms with E-state index in [1.54, 1.807) is 56.5 Å². The van der Waals surface area contributed by atoms with Crippen LogP contribution in [0, 0.1) is 0 Å². The van der Waals surface area contributed by atoms with Crippen LogP contribution in [-0.2, 0) is 9.59 Å². The first kappa shape index (κ1) is 20.6. The molecule has 9 nitrogen and oxygen atoms in total. The minimum Gasteiger partial charge on any atom is -0.497 e. The number of carbonyl (C=O) groups is 2. The summed E-state index contributed by atoms with van der Waals surface area (Å²) >= 11 is 0. The van der Waals surface area contributed by atoms with E-state index in [1.165, 1.54) is 6.08 Å². The van der Waals surface area contributed by atoms with Crippen molar-refractivity contribution in [2.24, 2.45) is 0 Å². The maximum atomic E-state index is 12.4. The molecule has 30 heavy (non-hydrogen) atoms. The number of hydrogen-bond acceptors (Lipinski definition) is 6. The van der Waals surface area contributed by atoms with E-state index in [2.05, 4.69) is 25.3 Å². The van der Waals surface area contributed by atoms with Crippen molar-refractivity contribution in [3.8, 4) is 17.1 Å². The van der Waals surface area contributed by atoms with E-state index in [0.717, 1.165) is 11.3 Å². The van der Waals surface area contributed by atoms with Crippen LogP contribution in [0.1, 0.15) is 12.5 Å². The first-order valence-corrected chi connectivity index (χ1v) is 9.04. The van der Waals surface area contributed by atoms with Gasteiger partial charge in [0, 0.05) is 17.3 Å². The zero-order valence-electron chi connectivity index (χ0n) is 16.3. The Kier molecular flexibility index (Phi) is 6.43. The van der Waals surface area contributed by atoms with Crippen molar-refractivity contribution in [2.75, 3.05) is 12.4 Å². The average Bonchev–Trinajstić information content (AvgIpc) is 3.19. The van der Waals surface area contributed by atoms with Crippen molar-refractivity contribution < 1.29 is 18.8 Å². The van der Waals surface area contributed by atoms with Gasteiger partial charge < -0.3 is 15.4 Å². The van der Waals surface area contributed by atoms with Gasteiger partial charge in [-0.25, -0.2) is 4.79 Å². The van der Waals surface area contributed by atoms with Crippen LogP contribution in [0.25, 0.3) is 17.5 Å². The lowest BCUT2D eigenvalue weighted by atomic mass is 10.2. The number of nitrogens with zero attached hydrogens (tertiary/aromatic N) is 1. The highest BCUT2D eigenvalue weighted by Gasteiger charge is 2.15. The molecule has 0 spiro atoms. The van der Waals surface area contributed by atoms with Crippen LogP contribution in [0.5, 0.6) is 5.75 Å². The fraction of sp³-hybridized carbons (Fsp3) is 0.143. The topological polar surface area (TPSA) is 126 Å². The second kappa shape index (κ2) is 9.37. The van der Waals surface area contributed by atoms with Crippen LogP contribution in [0.2, 0.25) is 0 Å². The smallest absolute Gasteiger partial charge is 0.439 e. The third-order valence-corrected chi connectivity index (χ3v) is 4.14. The molecule has 0 saturated carbocycles. The van der Waals surface area contributed by atoms with Gasteiger partial charge in [-0.15, -0.1) is 0 Å². The number of carbonyl (C=O) groups excluding carboxylic acids is 2. The molecule has 3 N–H and O–H groups in total. The normalized spacial score (nSPS) is 11.8. The number of amides is 2. The number of aromatic nitrogens is 2. The van der Waals surface area contributed by atoms with Crippen molar-refractivity contribution in [1.29, 1.82) is 0 Å². The van der Waals surface area contributed by atoms with Gasteiger partial charge in [0.25, 0.3) is 0 Å². The van der Waals surface area contributed by atoms with Gasteiger partial charge in [0.2, 0.25) is 11.8 Å². The summed E-state index contributed by atoms with van der Waals surface area (Å²) in [7, 11) is 1.58. The lowest BCUT2D eigenvalue weighted by Gasteiger charge is -2.13. The highest BCUT2D eigenvalue weighted by molar-refractivity contribution is 6.00. The number of methoxy groups -OCH3 is 1. The molecule has 1 atom stereocenters. The van der Waals surface area contributed by atoms with Crippen LogP contribution in [0.15, 0.2) is 63.9 Å². The van der Waals surface area contributed by atoms with Crippen molar-refractivity contribution in [2.45, 2.75) is 13.0 Å². The number of benzene rings is 2. The molecule has 2 aromatic carbocycles. The van der Waals surface area contributed by atoms with Crippen molar-refractivity contribution in [1.82, 2.24) is 15.5 Å².